The van der Waals surface area contributed by atoms with Crippen molar-refractivity contribution in [3.05, 3.63) is 23.3 Å². The van der Waals surface area contributed by atoms with Crippen molar-refractivity contribution in [2.24, 2.45) is 5.73 Å². The predicted molar refractivity (Wildman–Crippen MR) is 113 cm³/mol. The Morgan fingerprint density at radius 1 is 1.24 bits per heavy atom. The first kappa shape index (κ1) is 25.9. The molecule has 1 aliphatic rings. The lowest BCUT2D eigenvalue weighted by atomic mass is 9.82. The second kappa shape index (κ2) is 11.0. The molecule has 0 radical (unpaired) electrons. The van der Waals surface area contributed by atoms with Gasteiger partial charge < -0.3 is 40.7 Å². The van der Waals surface area contributed by atoms with Crippen LogP contribution in [0.1, 0.15) is 29.3 Å². The Morgan fingerprint density at radius 2 is 1.88 bits per heavy atom. The summed E-state index contributed by atoms with van der Waals surface area (Å²) in [5.41, 5.74) is 4.89. The van der Waals surface area contributed by atoms with Gasteiger partial charge in [-0.1, -0.05) is 6.07 Å². The minimum absolute atomic E-state index is 0.0365. The fourth-order valence-corrected chi connectivity index (χ4v) is 3.34. The molecule has 0 spiro atoms. The van der Waals surface area contributed by atoms with Crippen LogP contribution in [0.2, 0.25) is 6.32 Å². The molecule has 13 nitrogen and oxygen atoms in total. The van der Waals surface area contributed by atoms with Gasteiger partial charge in [-0.3, -0.25) is 19.7 Å². The van der Waals surface area contributed by atoms with E-state index in [0.717, 1.165) is 0 Å². The van der Waals surface area contributed by atoms with Gasteiger partial charge >= 0.3 is 19.1 Å². The number of phenols is 1. The topological polar surface area (TPSA) is 220 Å². The Morgan fingerprint density at radius 3 is 2.39 bits per heavy atom. The first-order valence-electron chi connectivity index (χ1n) is 10.1. The maximum absolute atomic E-state index is 12.5. The van der Waals surface area contributed by atoms with Crippen molar-refractivity contribution in [3.8, 4) is 11.5 Å². The zero-order valence-electron chi connectivity index (χ0n) is 17.8. The number of amides is 2. The van der Waals surface area contributed by atoms with Gasteiger partial charge in [-0.2, -0.15) is 0 Å². The van der Waals surface area contributed by atoms with E-state index in [-0.39, 0.29) is 37.1 Å². The summed E-state index contributed by atoms with van der Waals surface area (Å²) in [6.45, 7) is 1.66. The van der Waals surface area contributed by atoms with E-state index in [4.69, 9.17) is 25.6 Å². The Balaban J connectivity index is 1.99. The number of primary amides is 1. The van der Waals surface area contributed by atoms with Crippen LogP contribution in [-0.4, -0.2) is 92.4 Å². The van der Waals surface area contributed by atoms with Gasteiger partial charge in [0.05, 0.1) is 31.6 Å². The van der Waals surface area contributed by atoms with Crippen LogP contribution in [0.3, 0.4) is 0 Å². The summed E-state index contributed by atoms with van der Waals surface area (Å²) in [5.74, 6) is -4.66. The number of rotatable bonds is 12. The number of carbonyl (C=O) groups is 4. The Labute approximate surface area is 188 Å². The minimum Gasteiger partial charge on any atom is -0.507 e. The molecule has 0 aromatic heterocycles. The molecule has 2 unspecified atom stereocenters. The molecular formula is C19H26BN3O10. The van der Waals surface area contributed by atoms with Crippen LogP contribution in [0.5, 0.6) is 11.5 Å². The maximum atomic E-state index is 12.5. The molecule has 1 heterocycles. The normalized spacial score (nSPS) is 15.3. The fraction of sp³-hybridized carbons (Fsp3) is 0.474. The minimum atomic E-state index is -1.61. The van der Waals surface area contributed by atoms with Crippen molar-refractivity contribution in [2.75, 3.05) is 13.1 Å². The number of aromatic hydroxyl groups is 1. The van der Waals surface area contributed by atoms with Gasteiger partial charge in [0, 0.05) is 0 Å². The molecule has 8 N–H and O–H groups in total. The number of aromatic carboxylic acids is 1. The second-order valence-corrected chi connectivity index (χ2v) is 7.70. The first-order chi connectivity index (χ1) is 15.4. The molecule has 0 bridgehead atoms. The summed E-state index contributed by atoms with van der Waals surface area (Å²) < 4.78 is 5.63. The maximum Gasteiger partial charge on any atom is 0.451 e. The third kappa shape index (κ3) is 6.81. The van der Waals surface area contributed by atoms with Crippen LogP contribution < -0.4 is 15.8 Å². The summed E-state index contributed by atoms with van der Waals surface area (Å²) in [4.78, 5) is 47.7. The molecule has 0 aliphatic carbocycles. The molecule has 1 fully saturated rings. The molecule has 0 saturated carbocycles. The number of nitrogens with one attached hydrogen (secondary N) is 1. The number of likely N-dealkylation sites (tertiary alicyclic amines) is 1. The number of carboxylic acid groups (broad SMARTS) is 2. The number of carbonyl (C=O) groups excluding carboxylic acids is 2. The molecule has 180 valence electrons. The van der Waals surface area contributed by atoms with E-state index in [9.17, 15) is 29.4 Å². The average molecular weight is 467 g/mol. The lowest BCUT2D eigenvalue weighted by molar-refractivity contribution is -0.144. The molecular weight excluding hydrogens is 441 g/mol. The molecule has 14 heteroatoms. The largest absolute Gasteiger partial charge is 0.507 e. The van der Waals surface area contributed by atoms with Crippen LogP contribution in [0.4, 0.5) is 0 Å². The standard InChI is InChI=1S/C19H26BN3O10/c1-9(22-12(17(21)27)6-14(24)25)18(28)23-7-11(8-23)33-13-3-2-10(4-5-20(31)32)16(26)15(13)19(29)30/h2-3,9,11-12,22,26,31-32H,4-8H2,1H3,(H2,21,27)(H,24,25)(H,29,30). The van der Waals surface area contributed by atoms with E-state index >= 15 is 0 Å². The van der Waals surface area contributed by atoms with Crippen LogP contribution in [-0.2, 0) is 20.8 Å². The molecule has 1 aliphatic heterocycles. The van der Waals surface area contributed by atoms with Gasteiger partial charge in [0.1, 0.15) is 23.2 Å². The lowest BCUT2D eigenvalue weighted by Gasteiger charge is -2.40. The van der Waals surface area contributed by atoms with Crippen molar-refractivity contribution in [1.82, 2.24) is 10.2 Å². The zero-order valence-corrected chi connectivity index (χ0v) is 17.8. The number of hydrogen-bond donors (Lipinski definition) is 7. The lowest BCUT2D eigenvalue weighted by Crippen LogP contribution is -2.61. The van der Waals surface area contributed by atoms with Crippen molar-refractivity contribution in [2.45, 2.75) is 44.3 Å². The number of benzene rings is 1. The molecule has 33 heavy (non-hydrogen) atoms. The summed E-state index contributed by atoms with van der Waals surface area (Å²) >= 11 is 0. The molecule has 2 amide bonds. The highest BCUT2D eigenvalue weighted by atomic mass is 16.5. The Bertz CT molecular complexity index is 919. The number of hydrogen-bond acceptors (Lipinski definition) is 9. The highest BCUT2D eigenvalue weighted by Gasteiger charge is 2.36. The van der Waals surface area contributed by atoms with Crippen LogP contribution in [0.15, 0.2) is 12.1 Å². The van der Waals surface area contributed by atoms with Crippen molar-refractivity contribution < 1.29 is 49.3 Å². The summed E-state index contributed by atoms with van der Waals surface area (Å²) in [6, 6.07) is 0.642. The van der Waals surface area contributed by atoms with E-state index in [0.29, 0.717) is 0 Å². The van der Waals surface area contributed by atoms with Gasteiger partial charge in [0.2, 0.25) is 11.8 Å². The third-order valence-electron chi connectivity index (χ3n) is 5.11. The van der Waals surface area contributed by atoms with Crippen molar-refractivity contribution in [3.63, 3.8) is 0 Å². The van der Waals surface area contributed by atoms with E-state index in [1.165, 1.54) is 24.0 Å². The highest BCUT2D eigenvalue weighted by molar-refractivity contribution is 6.41. The number of aryl methyl sites for hydroxylation is 1. The number of ether oxygens (including phenoxy) is 1. The van der Waals surface area contributed by atoms with Gasteiger partial charge in [0.15, 0.2) is 0 Å². The van der Waals surface area contributed by atoms with Gasteiger partial charge in [0.25, 0.3) is 0 Å². The van der Waals surface area contributed by atoms with E-state index in [2.05, 4.69) is 5.32 Å². The Hall–Kier alpha value is -3.36. The number of nitrogens with two attached hydrogens (primary N) is 1. The smallest absolute Gasteiger partial charge is 0.451 e. The summed E-state index contributed by atoms with van der Waals surface area (Å²) in [6.07, 6.45) is -1.20. The first-order valence-corrected chi connectivity index (χ1v) is 10.1. The van der Waals surface area contributed by atoms with Gasteiger partial charge in [-0.25, -0.2) is 4.79 Å². The number of nitrogens with zero attached hydrogens (tertiary/aromatic N) is 1. The molecule has 1 aromatic carbocycles. The highest BCUT2D eigenvalue weighted by Crippen LogP contribution is 2.34. The predicted octanol–water partition coefficient (Wildman–Crippen LogP) is -2.00. The second-order valence-electron chi connectivity index (χ2n) is 7.70. The van der Waals surface area contributed by atoms with Crippen LogP contribution in [0.25, 0.3) is 0 Å². The Kier molecular flexibility index (Phi) is 8.62. The third-order valence-corrected chi connectivity index (χ3v) is 5.11. The van der Waals surface area contributed by atoms with Crippen LogP contribution >= 0.6 is 0 Å². The van der Waals surface area contributed by atoms with Crippen molar-refractivity contribution in [1.29, 1.82) is 0 Å². The van der Waals surface area contributed by atoms with Gasteiger partial charge in [-0.15, -0.1) is 0 Å². The van der Waals surface area contributed by atoms with E-state index in [1.54, 1.807) is 0 Å². The summed E-state index contributed by atoms with van der Waals surface area (Å²) in [7, 11) is -1.61. The zero-order chi connectivity index (χ0) is 24.9. The molecule has 2 rings (SSSR count). The van der Waals surface area contributed by atoms with E-state index in [1.807, 2.05) is 0 Å². The molecule has 1 saturated heterocycles. The fourth-order valence-electron chi connectivity index (χ4n) is 3.34. The van der Waals surface area contributed by atoms with Crippen molar-refractivity contribution >= 4 is 30.9 Å². The van der Waals surface area contributed by atoms with Gasteiger partial charge in [-0.05, 0) is 31.3 Å². The SMILES string of the molecule is CC(NC(CC(=O)O)C(N)=O)C(=O)N1CC(Oc2ccc(CCB(O)O)c(O)c2C(=O)O)C1. The monoisotopic (exact) mass is 467 g/mol. The number of aliphatic carboxylic acids is 1. The summed E-state index contributed by atoms with van der Waals surface area (Å²) in [5, 5.41) is 49.1. The average Bonchev–Trinajstić information content (AvgIpc) is 2.67. The molecule has 2 atom stereocenters. The van der Waals surface area contributed by atoms with Crippen LogP contribution in [0, 0.1) is 0 Å². The quantitative estimate of drug-likeness (QED) is 0.167. The van der Waals surface area contributed by atoms with E-state index < -0.39 is 66.8 Å². The number of carboxylic acids is 2. The molecule has 1 aromatic rings.